The minimum Gasteiger partial charge on any atom is -0.444 e. The molecule has 0 spiro atoms. The fourth-order valence-electron chi connectivity index (χ4n) is 3.37. The van der Waals surface area contributed by atoms with Gasteiger partial charge in [-0.1, -0.05) is 0 Å². The highest BCUT2D eigenvalue weighted by Crippen LogP contribution is 2.25. The second kappa shape index (κ2) is 6.59. The summed E-state index contributed by atoms with van der Waals surface area (Å²) < 4.78 is 28.9. The van der Waals surface area contributed by atoms with E-state index in [1.165, 1.54) is 0 Å². The third-order valence-corrected chi connectivity index (χ3v) is 6.34. The van der Waals surface area contributed by atoms with Crippen LogP contribution in [0, 0.1) is 0 Å². The molecule has 1 N–H and O–H groups in total. The van der Waals surface area contributed by atoms with Crippen molar-refractivity contribution in [2.24, 2.45) is 0 Å². The first-order chi connectivity index (χ1) is 10.5. The molecule has 0 aliphatic carbocycles. The van der Waals surface area contributed by atoms with Gasteiger partial charge in [-0.15, -0.1) is 0 Å². The van der Waals surface area contributed by atoms with Crippen LogP contribution in [0.4, 0.5) is 4.79 Å². The summed E-state index contributed by atoms with van der Waals surface area (Å²) in [6, 6.07) is 0.251. The van der Waals surface area contributed by atoms with Crippen LogP contribution in [-0.2, 0) is 14.6 Å². The normalized spacial score (nSPS) is 31.7. The first-order valence-electron chi connectivity index (χ1n) is 8.44. The van der Waals surface area contributed by atoms with E-state index >= 15 is 0 Å². The standard InChI is InChI=1S/C16H30N2O4S/c1-15(2,3)22-14(19)18-9-5-6-13(7-10-18)17-16(4)8-11-23(20,21)12-16/h13,17H,5-12H2,1-4H3. The number of carbonyl (C=O) groups excluding carboxylic acids is 1. The number of likely N-dealkylation sites (tertiary alicyclic amines) is 1. The summed E-state index contributed by atoms with van der Waals surface area (Å²) in [5, 5.41) is 3.54. The lowest BCUT2D eigenvalue weighted by molar-refractivity contribution is 0.0256. The molecule has 1 amide bonds. The molecule has 2 rings (SSSR count). The monoisotopic (exact) mass is 346 g/mol. The molecule has 2 aliphatic heterocycles. The number of nitrogens with zero attached hydrogens (tertiary/aromatic N) is 1. The van der Waals surface area contributed by atoms with Crippen LogP contribution in [0.3, 0.4) is 0 Å². The molecule has 0 bridgehead atoms. The van der Waals surface area contributed by atoms with Crippen LogP contribution >= 0.6 is 0 Å². The van der Waals surface area contributed by atoms with Crippen LogP contribution in [-0.4, -0.2) is 61.2 Å². The topological polar surface area (TPSA) is 75.7 Å². The molecule has 2 unspecified atom stereocenters. The highest BCUT2D eigenvalue weighted by molar-refractivity contribution is 7.91. The maximum atomic E-state index is 12.2. The maximum absolute atomic E-state index is 12.2. The van der Waals surface area contributed by atoms with Crippen molar-refractivity contribution < 1.29 is 17.9 Å². The van der Waals surface area contributed by atoms with E-state index in [2.05, 4.69) is 5.32 Å². The van der Waals surface area contributed by atoms with Crippen LogP contribution in [0.25, 0.3) is 0 Å². The Hall–Kier alpha value is -0.820. The van der Waals surface area contributed by atoms with E-state index in [9.17, 15) is 13.2 Å². The molecule has 0 radical (unpaired) electrons. The predicted octanol–water partition coefficient (Wildman–Crippen LogP) is 1.94. The smallest absolute Gasteiger partial charge is 0.410 e. The Bertz CT molecular complexity index is 541. The number of hydrogen-bond acceptors (Lipinski definition) is 5. The van der Waals surface area contributed by atoms with Crippen LogP contribution < -0.4 is 5.32 Å². The molecular weight excluding hydrogens is 316 g/mol. The van der Waals surface area contributed by atoms with Crippen molar-refractivity contribution in [3.8, 4) is 0 Å². The molecule has 2 fully saturated rings. The molecule has 2 heterocycles. The van der Waals surface area contributed by atoms with Crippen molar-refractivity contribution in [3.05, 3.63) is 0 Å². The predicted molar refractivity (Wildman–Crippen MR) is 90.3 cm³/mol. The molecule has 0 aromatic rings. The van der Waals surface area contributed by atoms with Crippen molar-refractivity contribution in [3.63, 3.8) is 0 Å². The van der Waals surface area contributed by atoms with Gasteiger partial charge in [0.15, 0.2) is 9.84 Å². The Morgan fingerprint density at radius 2 is 1.96 bits per heavy atom. The van der Waals surface area contributed by atoms with E-state index in [1.54, 1.807) is 4.90 Å². The number of rotatable bonds is 2. The number of ether oxygens (including phenoxy) is 1. The summed E-state index contributed by atoms with van der Waals surface area (Å²) in [6.45, 7) is 8.95. The molecule has 6 nitrogen and oxygen atoms in total. The Morgan fingerprint density at radius 1 is 1.26 bits per heavy atom. The first-order valence-corrected chi connectivity index (χ1v) is 10.3. The van der Waals surface area contributed by atoms with E-state index in [4.69, 9.17) is 4.74 Å². The van der Waals surface area contributed by atoms with Crippen molar-refractivity contribution in [2.75, 3.05) is 24.6 Å². The van der Waals surface area contributed by atoms with Gasteiger partial charge in [0.05, 0.1) is 11.5 Å². The van der Waals surface area contributed by atoms with Gasteiger partial charge in [-0.2, -0.15) is 0 Å². The summed E-state index contributed by atoms with van der Waals surface area (Å²) in [6.07, 6.45) is 3.10. The Balaban J connectivity index is 1.88. The lowest BCUT2D eigenvalue weighted by Gasteiger charge is -2.30. The van der Waals surface area contributed by atoms with Crippen LogP contribution in [0.5, 0.6) is 0 Å². The molecule has 0 aromatic carbocycles. The molecule has 2 saturated heterocycles. The highest BCUT2D eigenvalue weighted by Gasteiger charge is 2.39. The fourth-order valence-corrected chi connectivity index (χ4v) is 5.47. The van der Waals surface area contributed by atoms with Crippen LogP contribution in [0.1, 0.15) is 53.4 Å². The Kier molecular flexibility index (Phi) is 5.31. The number of amides is 1. The summed E-state index contributed by atoms with van der Waals surface area (Å²) in [5.41, 5.74) is -0.808. The third-order valence-electron chi connectivity index (χ3n) is 4.44. The number of sulfone groups is 1. The van der Waals surface area contributed by atoms with Gasteiger partial charge in [-0.25, -0.2) is 13.2 Å². The van der Waals surface area contributed by atoms with E-state index in [0.717, 1.165) is 19.3 Å². The van der Waals surface area contributed by atoms with Gasteiger partial charge < -0.3 is 15.0 Å². The minimum atomic E-state index is -2.91. The molecular formula is C16H30N2O4S. The molecule has 0 aromatic heterocycles. The SMILES string of the molecule is CC1(NC2CCCN(C(=O)OC(C)(C)C)CC2)CCS(=O)(=O)C1. The van der Waals surface area contributed by atoms with Gasteiger partial charge in [-0.3, -0.25) is 0 Å². The van der Waals surface area contributed by atoms with E-state index < -0.39 is 15.4 Å². The van der Waals surface area contributed by atoms with E-state index in [0.29, 0.717) is 19.5 Å². The molecule has 7 heteroatoms. The van der Waals surface area contributed by atoms with Gasteiger partial charge in [-0.05, 0) is 53.4 Å². The molecule has 134 valence electrons. The van der Waals surface area contributed by atoms with E-state index in [-0.39, 0.29) is 29.2 Å². The number of hydrogen-bond donors (Lipinski definition) is 1. The highest BCUT2D eigenvalue weighted by atomic mass is 32.2. The van der Waals surface area contributed by atoms with Crippen molar-refractivity contribution in [1.29, 1.82) is 0 Å². The summed E-state index contributed by atoms with van der Waals surface area (Å²) in [5.74, 6) is 0.486. The number of nitrogens with one attached hydrogen (secondary N) is 1. The quantitative estimate of drug-likeness (QED) is 0.827. The third kappa shape index (κ3) is 5.64. The zero-order valence-electron chi connectivity index (χ0n) is 14.7. The molecule has 0 saturated carbocycles. The lowest BCUT2D eigenvalue weighted by Crippen LogP contribution is -2.49. The largest absolute Gasteiger partial charge is 0.444 e. The zero-order valence-corrected chi connectivity index (χ0v) is 15.5. The first kappa shape index (κ1) is 18.5. The second-order valence-corrected chi connectivity index (χ2v) is 10.3. The average molecular weight is 346 g/mol. The van der Waals surface area contributed by atoms with Gasteiger partial charge in [0.1, 0.15) is 5.60 Å². The fraction of sp³-hybridized carbons (Fsp3) is 0.938. The van der Waals surface area contributed by atoms with Gasteiger partial charge >= 0.3 is 6.09 Å². The van der Waals surface area contributed by atoms with Crippen LogP contribution in [0.15, 0.2) is 0 Å². The van der Waals surface area contributed by atoms with E-state index in [1.807, 2.05) is 27.7 Å². The zero-order chi connectivity index (χ0) is 17.3. The van der Waals surface area contributed by atoms with Gasteiger partial charge in [0.25, 0.3) is 0 Å². The van der Waals surface area contributed by atoms with Crippen molar-refractivity contribution in [1.82, 2.24) is 10.2 Å². The lowest BCUT2D eigenvalue weighted by atomic mass is 9.98. The van der Waals surface area contributed by atoms with Crippen LogP contribution in [0.2, 0.25) is 0 Å². The Labute approximate surface area is 139 Å². The van der Waals surface area contributed by atoms with Crippen molar-refractivity contribution >= 4 is 15.9 Å². The summed E-state index contributed by atoms with van der Waals surface area (Å²) in [4.78, 5) is 13.9. The summed E-state index contributed by atoms with van der Waals surface area (Å²) in [7, 11) is -2.91. The van der Waals surface area contributed by atoms with Gasteiger partial charge in [0.2, 0.25) is 0 Å². The molecule has 23 heavy (non-hydrogen) atoms. The molecule has 2 aliphatic rings. The number of carbonyl (C=O) groups is 1. The second-order valence-electron chi connectivity index (χ2n) is 8.14. The average Bonchev–Trinajstić information content (AvgIpc) is 2.56. The van der Waals surface area contributed by atoms with Gasteiger partial charge in [0, 0.05) is 24.7 Å². The Morgan fingerprint density at radius 3 is 2.52 bits per heavy atom. The van der Waals surface area contributed by atoms with Crippen molar-refractivity contribution in [2.45, 2.75) is 70.6 Å². The maximum Gasteiger partial charge on any atom is 0.410 e. The minimum absolute atomic E-state index is 0.215. The molecule has 2 atom stereocenters. The summed E-state index contributed by atoms with van der Waals surface area (Å²) >= 11 is 0.